The second-order valence-corrected chi connectivity index (χ2v) is 7.14. The summed E-state index contributed by atoms with van der Waals surface area (Å²) in [6.45, 7) is 4.21. The van der Waals surface area contributed by atoms with Crippen LogP contribution in [0.1, 0.15) is 44.2 Å². The Morgan fingerprint density at radius 2 is 1.91 bits per heavy atom. The topological polar surface area (TPSA) is 23.6 Å². The lowest BCUT2D eigenvalue weighted by Gasteiger charge is -2.41. The molecule has 1 aliphatic carbocycles. The van der Waals surface area contributed by atoms with Crippen molar-refractivity contribution in [3.05, 3.63) is 35.6 Å². The van der Waals surface area contributed by atoms with Crippen molar-refractivity contribution >= 4 is 5.91 Å². The summed E-state index contributed by atoms with van der Waals surface area (Å²) in [6, 6.07) is 6.88. The van der Waals surface area contributed by atoms with Gasteiger partial charge in [0.05, 0.1) is 6.04 Å². The van der Waals surface area contributed by atoms with E-state index in [-0.39, 0.29) is 23.7 Å². The maximum Gasteiger partial charge on any atom is 0.225 e. The number of amides is 1. The molecule has 0 N–H and O–H groups in total. The van der Waals surface area contributed by atoms with Crippen LogP contribution in [-0.4, -0.2) is 42.4 Å². The van der Waals surface area contributed by atoms with E-state index in [0.29, 0.717) is 18.0 Å². The highest BCUT2D eigenvalue weighted by Gasteiger charge is 2.34. The van der Waals surface area contributed by atoms with Crippen molar-refractivity contribution in [1.29, 1.82) is 0 Å². The van der Waals surface area contributed by atoms with E-state index in [2.05, 4.69) is 11.8 Å². The molecule has 1 saturated heterocycles. The minimum absolute atomic E-state index is 0.0512. The van der Waals surface area contributed by atoms with Crippen LogP contribution >= 0.6 is 0 Å². The first-order chi connectivity index (χ1) is 11.1. The fraction of sp³-hybridized carbons (Fsp3) is 0.632. The molecule has 2 aliphatic rings. The van der Waals surface area contributed by atoms with Gasteiger partial charge in [0.2, 0.25) is 5.91 Å². The summed E-state index contributed by atoms with van der Waals surface area (Å²) in [5.41, 5.74) is 0.695. The number of nitrogens with zero attached hydrogens (tertiary/aromatic N) is 2. The van der Waals surface area contributed by atoms with E-state index in [1.165, 1.54) is 31.7 Å². The maximum atomic E-state index is 14.1. The Morgan fingerprint density at radius 1 is 1.22 bits per heavy atom. The van der Waals surface area contributed by atoms with Gasteiger partial charge in [0, 0.05) is 31.1 Å². The number of halogens is 1. The van der Waals surface area contributed by atoms with Gasteiger partial charge in [-0.05, 0) is 31.9 Å². The first-order valence-corrected chi connectivity index (χ1v) is 8.81. The fourth-order valence-corrected chi connectivity index (χ4v) is 4.10. The monoisotopic (exact) mass is 318 g/mol. The third-order valence-electron chi connectivity index (χ3n) is 5.72. The highest BCUT2D eigenvalue weighted by Crippen LogP contribution is 2.33. The van der Waals surface area contributed by atoms with E-state index in [1.807, 2.05) is 24.1 Å². The smallest absolute Gasteiger partial charge is 0.225 e. The average molecular weight is 318 g/mol. The van der Waals surface area contributed by atoms with Crippen LogP contribution in [-0.2, 0) is 4.79 Å². The number of piperazine rings is 1. The Morgan fingerprint density at radius 3 is 2.61 bits per heavy atom. The van der Waals surface area contributed by atoms with Crippen molar-refractivity contribution < 1.29 is 9.18 Å². The Kier molecular flexibility index (Phi) is 5.00. The Balaban J connectivity index is 1.72. The molecular weight excluding hydrogens is 291 g/mol. The molecule has 2 fully saturated rings. The zero-order valence-corrected chi connectivity index (χ0v) is 14.2. The number of hydrogen-bond acceptors (Lipinski definition) is 2. The molecule has 1 heterocycles. The number of carbonyl (C=O) groups excluding carboxylic acids is 1. The number of benzene rings is 1. The lowest BCUT2D eigenvalue weighted by Crippen LogP contribution is -2.51. The Bertz CT molecular complexity index is 556. The quantitative estimate of drug-likeness (QED) is 0.852. The number of hydrogen-bond donors (Lipinski definition) is 0. The molecule has 2 atom stereocenters. The van der Waals surface area contributed by atoms with Crippen LogP contribution in [0.3, 0.4) is 0 Å². The number of carbonyl (C=O) groups is 1. The largest absolute Gasteiger partial charge is 0.339 e. The Hall–Kier alpha value is -1.42. The van der Waals surface area contributed by atoms with Crippen molar-refractivity contribution in [2.24, 2.45) is 11.8 Å². The third kappa shape index (κ3) is 3.42. The fourth-order valence-electron chi connectivity index (χ4n) is 4.10. The van der Waals surface area contributed by atoms with Gasteiger partial charge in [-0.3, -0.25) is 9.69 Å². The predicted molar refractivity (Wildman–Crippen MR) is 89.5 cm³/mol. The van der Waals surface area contributed by atoms with Gasteiger partial charge >= 0.3 is 0 Å². The molecule has 126 valence electrons. The van der Waals surface area contributed by atoms with E-state index in [1.54, 1.807) is 6.07 Å². The molecule has 2 unspecified atom stereocenters. The van der Waals surface area contributed by atoms with Gasteiger partial charge in [-0.1, -0.05) is 38.0 Å². The average Bonchev–Trinajstić information content (AvgIpc) is 3.09. The molecule has 3 nitrogen and oxygen atoms in total. The molecule has 0 spiro atoms. The van der Waals surface area contributed by atoms with Crippen molar-refractivity contribution in [2.75, 3.05) is 26.7 Å². The molecule has 3 rings (SSSR count). The minimum atomic E-state index is -0.178. The Labute approximate surface area is 138 Å². The van der Waals surface area contributed by atoms with E-state index in [4.69, 9.17) is 0 Å². The summed E-state index contributed by atoms with van der Waals surface area (Å²) < 4.78 is 14.1. The second-order valence-electron chi connectivity index (χ2n) is 7.14. The van der Waals surface area contributed by atoms with Gasteiger partial charge < -0.3 is 4.90 Å². The van der Waals surface area contributed by atoms with Crippen LogP contribution in [0.25, 0.3) is 0 Å². The molecule has 23 heavy (non-hydrogen) atoms. The summed E-state index contributed by atoms with van der Waals surface area (Å²) in [7, 11) is 2.01. The number of likely N-dealkylation sites (N-methyl/N-ethyl adjacent to an activating group) is 1. The predicted octanol–water partition coefficient (Wildman–Crippen LogP) is 3.47. The maximum absolute atomic E-state index is 14.1. The summed E-state index contributed by atoms with van der Waals surface area (Å²) >= 11 is 0. The van der Waals surface area contributed by atoms with Crippen LogP contribution in [0.2, 0.25) is 0 Å². The normalized spacial score (nSPS) is 24.8. The van der Waals surface area contributed by atoms with Crippen LogP contribution < -0.4 is 0 Å². The first-order valence-electron chi connectivity index (χ1n) is 8.81. The van der Waals surface area contributed by atoms with E-state index < -0.39 is 0 Å². The lowest BCUT2D eigenvalue weighted by molar-refractivity contribution is -0.139. The molecule has 1 aliphatic heterocycles. The van der Waals surface area contributed by atoms with Gasteiger partial charge in [-0.25, -0.2) is 4.39 Å². The second kappa shape index (κ2) is 7.00. The molecule has 0 bridgehead atoms. The van der Waals surface area contributed by atoms with Crippen LogP contribution in [0.4, 0.5) is 4.39 Å². The SMILES string of the molecule is CC(C(=O)N1CCN(C)C(c2ccccc2F)C1)C1CCCC1. The highest BCUT2D eigenvalue weighted by atomic mass is 19.1. The standard InChI is InChI=1S/C19H27FN2O/c1-14(15-7-3-4-8-15)19(23)22-12-11-21(2)18(13-22)16-9-5-6-10-17(16)20/h5-6,9-10,14-15,18H,3-4,7-8,11-13H2,1-2H3. The zero-order valence-electron chi connectivity index (χ0n) is 14.2. The van der Waals surface area contributed by atoms with Gasteiger partial charge in [-0.15, -0.1) is 0 Å². The van der Waals surface area contributed by atoms with Crippen molar-refractivity contribution in [3.63, 3.8) is 0 Å². The summed E-state index contributed by atoms with van der Waals surface area (Å²) in [5.74, 6) is 0.713. The van der Waals surface area contributed by atoms with Gasteiger partial charge in [0.25, 0.3) is 0 Å². The van der Waals surface area contributed by atoms with E-state index >= 15 is 0 Å². The molecule has 0 radical (unpaired) electrons. The first kappa shape index (κ1) is 16.4. The summed E-state index contributed by atoms with van der Waals surface area (Å²) in [4.78, 5) is 17.0. The molecule has 1 amide bonds. The van der Waals surface area contributed by atoms with Crippen LogP contribution in [0.5, 0.6) is 0 Å². The number of rotatable bonds is 3. The van der Waals surface area contributed by atoms with Gasteiger partial charge in [0.1, 0.15) is 5.82 Å². The third-order valence-corrected chi connectivity index (χ3v) is 5.72. The molecular formula is C19H27FN2O. The van der Waals surface area contributed by atoms with Crippen molar-refractivity contribution in [1.82, 2.24) is 9.80 Å². The summed E-state index contributed by atoms with van der Waals surface area (Å²) in [6.07, 6.45) is 4.86. The molecule has 0 aromatic heterocycles. The highest BCUT2D eigenvalue weighted by molar-refractivity contribution is 5.79. The van der Waals surface area contributed by atoms with Gasteiger partial charge in [0.15, 0.2) is 0 Å². The van der Waals surface area contributed by atoms with E-state index in [9.17, 15) is 9.18 Å². The van der Waals surface area contributed by atoms with Crippen molar-refractivity contribution in [3.8, 4) is 0 Å². The lowest BCUT2D eigenvalue weighted by atomic mass is 9.90. The molecule has 1 saturated carbocycles. The molecule has 1 aromatic carbocycles. The molecule has 1 aromatic rings. The zero-order chi connectivity index (χ0) is 16.4. The minimum Gasteiger partial charge on any atom is -0.339 e. The van der Waals surface area contributed by atoms with Crippen LogP contribution in [0.15, 0.2) is 24.3 Å². The van der Waals surface area contributed by atoms with Crippen molar-refractivity contribution in [2.45, 2.75) is 38.6 Å². The molecule has 4 heteroatoms. The van der Waals surface area contributed by atoms with E-state index in [0.717, 1.165) is 13.1 Å². The van der Waals surface area contributed by atoms with Crippen LogP contribution in [0, 0.1) is 17.7 Å². The summed E-state index contributed by atoms with van der Waals surface area (Å²) in [5, 5.41) is 0. The van der Waals surface area contributed by atoms with Gasteiger partial charge in [-0.2, -0.15) is 0 Å².